The van der Waals surface area contributed by atoms with E-state index in [1.807, 2.05) is 18.2 Å². The predicted molar refractivity (Wildman–Crippen MR) is 121 cm³/mol. The average molecular weight is 633 g/mol. The fourth-order valence-electron chi connectivity index (χ4n) is 3.50. The number of aromatic hydroxyl groups is 2. The van der Waals surface area contributed by atoms with Crippen molar-refractivity contribution in [2.75, 3.05) is 0 Å². The molecule has 0 bridgehead atoms. The number of rotatable bonds is 2. The third-order valence-corrected chi connectivity index (χ3v) is 7.19. The van der Waals surface area contributed by atoms with Crippen LogP contribution in [0.3, 0.4) is 0 Å². The molecule has 0 aliphatic carbocycles. The van der Waals surface area contributed by atoms with Gasteiger partial charge in [0.25, 0.3) is 5.91 Å². The van der Waals surface area contributed by atoms with Gasteiger partial charge in [-0.15, -0.1) is 0 Å². The van der Waals surface area contributed by atoms with Crippen LogP contribution in [0.5, 0.6) is 11.5 Å². The minimum absolute atomic E-state index is 0.0737. The highest BCUT2D eigenvalue weighted by molar-refractivity contribution is 9.11. The molecule has 1 aliphatic rings. The van der Waals surface area contributed by atoms with Crippen LogP contribution in [0.1, 0.15) is 27.0 Å². The van der Waals surface area contributed by atoms with Gasteiger partial charge in [-0.2, -0.15) is 0 Å². The van der Waals surface area contributed by atoms with Crippen LogP contribution in [0, 0.1) is 0 Å². The Bertz CT molecular complexity index is 1040. The third kappa shape index (κ3) is 2.93. The molecule has 0 unspecified atom stereocenters. The quantitative estimate of drug-likeness (QED) is 0.316. The van der Waals surface area contributed by atoms with Crippen molar-refractivity contribution in [3.05, 3.63) is 88.7 Å². The van der Waals surface area contributed by atoms with Gasteiger partial charge in [0.15, 0.2) is 0 Å². The molecular formula is C20H11Br4NO3. The molecule has 0 radical (unpaired) electrons. The number of benzene rings is 3. The number of hydrogen-bond acceptors (Lipinski definition) is 3. The first-order valence-electron chi connectivity index (χ1n) is 8.04. The first kappa shape index (κ1) is 19.9. The van der Waals surface area contributed by atoms with Gasteiger partial charge in [0.05, 0.1) is 17.9 Å². The molecule has 4 rings (SSSR count). The van der Waals surface area contributed by atoms with E-state index in [1.54, 1.807) is 30.3 Å². The van der Waals surface area contributed by atoms with Crippen molar-refractivity contribution in [2.24, 2.45) is 0 Å². The Labute approximate surface area is 194 Å². The van der Waals surface area contributed by atoms with Crippen LogP contribution in [-0.2, 0) is 5.54 Å². The van der Waals surface area contributed by atoms with Crippen LogP contribution in [0.4, 0.5) is 0 Å². The lowest BCUT2D eigenvalue weighted by molar-refractivity contribution is 0.0948. The number of carbonyl (C=O) groups excluding carboxylic acids is 1. The topological polar surface area (TPSA) is 69.6 Å². The summed E-state index contributed by atoms with van der Waals surface area (Å²) >= 11 is 13.5. The summed E-state index contributed by atoms with van der Waals surface area (Å²) in [6.07, 6.45) is 0. The maximum Gasteiger partial charge on any atom is 0.252 e. The standard InChI is InChI=1S/C20H11Br4NO3/c21-13-5-9(6-14(22)17(13)26)20(10-7-15(23)18(27)16(24)8-10)12-4-2-1-3-11(12)19(28)25-20/h1-8,26-27H,(H,25,28). The Hall–Kier alpha value is -1.35. The van der Waals surface area contributed by atoms with Gasteiger partial charge < -0.3 is 15.5 Å². The van der Waals surface area contributed by atoms with E-state index >= 15 is 0 Å². The van der Waals surface area contributed by atoms with Crippen molar-refractivity contribution in [3.8, 4) is 11.5 Å². The van der Waals surface area contributed by atoms with Gasteiger partial charge in [0.2, 0.25) is 0 Å². The number of phenols is 2. The Kier molecular flexibility index (Phi) is 5.10. The average Bonchev–Trinajstić information content (AvgIpc) is 2.97. The first-order chi connectivity index (χ1) is 13.3. The van der Waals surface area contributed by atoms with Gasteiger partial charge in [0.1, 0.15) is 17.0 Å². The Balaban J connectivity index is 2.12. The van der Waals surface area contributed by atoms with Gasteiger partial charge in [-0.05, 0) is 111 Å². The minimum Gasteiger partial charge on any atom is -0.506 e. The second-order valence-electron chi connectivity index (χ2n) is 6.33. The predicted octanol–water partition coefficient (Wildman–Crippen LogP) is 6.18. The van der Waals surface area contributed by atoms with Gasteiger partial charge in [0, 0.05) is 5.56 Å². The maximum atomic E-state index is 12.8. The fraction of sp³-hybridized carbons (Fsp3) is 0.0500. The number of halogens is 4. The lowest BCUT2D eigenvalue weighted by Crippen LogP contribution is -2.41. The molecular weight excluding hydrogens is 622 g/mol. The molecule has 8 heteroatoms. The van der Waals surface area contributed by atoms with E-state index in [4.69, 9.17) is 0 Å². The minimum atomic E-state index is -1.01. The summed E-state index contributed by atoms with van der Waals surface area (Å²) in [4.78, 5) is 12.8. The summed E-state index contributed by atoms with van der Waals surface area (Å²) in [7, 11) is 0. The molecule has 28 heavy (non-hydrogen) atoms. The first-order valence-corrected chi connectivity index (χ1v) is 11.2. The Morgan fingerprint density at radius 3 is 1.64 bits per heavy atom. The summed E-state index contributed by atoms with van der Waals surface area (Å²) in [5.41, 5.74) is 1.83. The lowest BCUT2D eigenvalue weighted by atomic mass is 9.78. The van der Waals surface area contributed by atoms with Gasteiger partial charge in [-0.3, -0.25) is 4.79 Å². The second kappa shape index (κ2) is 7.16. The number of fused-ring (bicyclic) bond motifs is 1. The molecule has 0 atom stereocenters. The maximum absolute atomic E-state index is 12.8. The number of hydrogen-bond donors (Lipinski definition) is 3. The van der Waals surface area contributed by atoms with E-state index < -0.39 is 5.54 Å². The van der Waals surface area contributed by atoms with E-state index in [2.05, 4.69) is 69.0 Å². The van der Waals surface area contributed by atoms with Gasteiger partial charge in [-0.25, -0.2) is 0 Å². The summed E-state index contributed by atoms with van der Waals surface area (Å²) in [6, 6.07) is 14.5. The molecule has 1 aliphatic heterocycles. The number of amides is 1. The summed E-state index contributed by atoms with van der Waals surface area (Å²) in [5.74, 6) is -0.0506. The summed E-state index contributed by atoms with van der Waals surface area (Å²) in [6.45, 7) is 0. The summed E-state index contributed by atoms with van der Waals surface area (Å²) in [5, 5.41) is 23.5. The number of carbonyl (C=O) groups is 1. The molecule has 0 saturated carbocycles. The van der Waals surface area contributed by atoms with E-state index in [0.717, 1.165) is 16.7 Å². The van der Waals surface area contributed by atoms with Crippen LogP contribution < -0.4 is 5.32 Å². The van der Waals surface area contributed by atoms with Crippen molar-refractivity contribution in [3.63, 3.8) is 0 Å². The smallest absolute Gasteiger partial charge is 0.252 e. The zero-order valence-electron chi connectivity index (χ0n) is 13.9. The highest BCUT2D eigenvalue weighted by Crippen LogP contribution is 2.48. The largest absolute Gasteiger partial charge is 0.506 e. The highest BCUT2D eigenvalue weighted by atomic mass is 79.9. The Morgan fingerprint density at radius 2 is 1.18 bits per heavy atom. The molecule has 1 heterocycles. The Morgan fingerprint density at radius 1 is 0.750 bits per heavy atom. The van der Waals surface area contributed by atoms with Crippen LogP contribution in [0.15, 0.2) is 66.4 Å². The molecule has 0 aromatic heterocycles. The third-order valence-electron chi connectivity index (χ3n) is 4.78. The second-order valence-corrected chi connectivity index (χ2v) is 9.74. The molecule has 3 aromatic carbocycles. The number of phenolic OH excluding ortho intramolecular Hbond substituents is 2. The van der Waals surface area contributed by atoms with E-state index in [1.165, 1.54) is 0 Å². The molecule has 4 nitrogen and oxygen atoms in total. The zero-order valence-corrected chi connectivity index (χ0v) is 20.3. The molecule has 0 fully saturated rings. The van der Waals surface area contributed by atoms with E-state index in [0.29, 0.717) is 23.5 Å². The lowest BCUT2D eigenvalue weighted by Gasteiger charge is -2.33. The molecule has 3 aromatic rings. The van der Waals surface area contributed by atoms with Crippen molar-refractivity contribution in [2.45, 2.75) is 5.54 Å². The van der Waals surface area contributed by atoms with E-state index in [9.17, 15) is 15.0 Å². The van der Waals surface area contributed by atoms with Crippen molar-refractivity contribution >= 4 is 69.6 Å². The molecule has 1 amide bonds. The normalized spacial score (nSPS) is 14.6. The SMILES string of the molecule is O=C1NC(c2cc(Br)c(O)c(Br)c2)(c2cc(Br)c(O)c(Br)c2)c2ccccc21. The molecule has 0 spiro atoms. The highest BCUT2D eigenvalue weighted by Gasteiger charge is 2.46. The van der Waals surface area contributed by atoms with Crippen LogP contribution in [0.25, 0.3) is 0 Å². The van der Waals surface area contributed by atoms with Crippen LogP contribution >= 0.6 is 63.7 Å². The molecule has 142 valence electrons. The fourth-order valence-corrected chi connectivity index (χ4v) is 5.87. The zero-order chi connectivity index (χ0) is 20.2. The summed E-state index contributed by atoms with van der Waals surface area (Å²) < 4.78 is 1.97. The monoisotopic (exact) mass is 629 g/mol. The van der Waals surface area contributed by atoms with E-state index in [-0.39, 0.29) is 17.4 Å². The van der Waals surface area contributed by atoms with Gasteiger partial charge in [-0.1, -0.05) is 18.2 Å². The van der Waals surface area contributed by atoms with Gasteiger partial charge >= 0.3 is 0 Å². The number of nitrogens with one attached hydrogen (secondary N) is 1. The van der Waals surface area contributed by atoms with Crippen molar-refractivity contribution in [1.29, 1.82) is 0 Å². The van der Waals surface area contributed by atoms with Crippen LogP contribution in [0.2, 0.25) is 0 Å². The van der Waals surface area contributed by atoms with Crippen molar-refractivity contribution in [1.82, 2.24) is 5.32 Å². The molecule has 3 N–H and O–H groups in total. The molecule has 0 saturated heterocycles. The van der Waals surface area contributed by atoms with Crippen LogP contribution in [-0.4, -0.2) is 16.1 Å². The van der Waals surface area contributed by atoms with Crippen molar-refractivity contribution < 1.29 is 15.0 Å².